The molecule has 2 atom stereocenters. The van der Waals surface area contributed by atoms with E-state index in [1.807, 2.05) is 0 Å². The second-order valence-electron chi connectivity index (χ2n) is 1.68. The summed E-state index contributed by atoms with van der Waals surface area (Å²) < 4.78 is 12.3. The normalized spacial score (nSPS) is 15.5. The van der Waals surface area contributed by atoms with Crippen LogP contribution in [-0.4, -0.2) is 35.6 Å². The van der Waals surface area contributed by atoms with Gasteiger partial charge in [-0.15, -0.1) is 0 Å². The van der Waals surface area contributed by atoms with E-state index in [2.05, 4.69) is 10.0 Å². The average Bonchev–Trinajstić information content (AvgIpc) is 1.98. The molecule has 0 heterocycles. The lowest BCUT2D eigenvalue weighted by Crippen LogP contribution is -2.27. The van der Waals surface area contributed by atoms with Crippen LogP contribution in [-0.2, 0) is 0 Å². The van der Waals surface area contributed by atoms with Crippen LogP contribution in [0.1, 0.15) is 0 Å². The van der Waals surface area contributed by atoms with E-state index < -0.39 is 25.4 Å². The van der Waals surface area contributed by atoms with Gasteiger partial charge in [0.1, 0.15) is 12.3 Å². The summed E-state index contributed by atoms with van der Waals surface area (Å²) in [6.07, 6.45) is -3.13. The molecule has 0 rings (SSSR count). The largest absolute Gasteiger partial charge is 0.394 e. The van der Waals surface area contributed by atoms with Gasteiger partial charge in [0.2, 0.25) is 0 Å². The number of hydrogen-bond donors (Lipinski definition) is 2. The van der Waals surface area contributed by atoms with Gasteiger partial charge in [-0.25, -0.2) is 4.39 Å². The smallest absolute Gasteiger partial charge is 0.134 e. The maximum atomic E-state index is 12.3. The molecule has 0 saturated carbocycles. The van der Waals surface area contributed by atoms with Crippen LogP contribution in [0.3, 0.4) is 0 Å². The molecular formula is C4H8FN3O2. The summed E-state index contributed by atoms with van der Waals surface area (Å²) in [5, 5.41) is 19.6. The van der Waals surface area contributed by atoms with Gasteiger partial charge < -0.3 is 10.2 Å². The Bertz CT molecular complexity index is 136. The Morgan fingerprint density at radius 2 is 2.30 bits per heavy atom. The first-order valence-corrected chi connectivity index (χ1v) is 2.66. The van der Waals surface area contributed by atoms with Crippen molar-refractivity contribution >= 4 is 0 Å². The first kappa shape index (κ1) is 9.16. The first-order chi connectivity index (χ1) is 4.72. The molecule has 2 N–H and O–H groups in total. The zero-order valence-corrected chi connectivity index (χ0v) is 5.18. The molecule has 0 fully saturated rings. The Labute approximate surface area is 56.7 Å². The van der Waals surface area contributed by atoms with Crippen LogP contribution in [0.25, 0.3) is 10.4 Å². The maximum absolute atomic E-state index is 12.3. The molecule has 6 heteroatoms. The van der Waals surface area contributed by atoms with Gasteiger partial charge in [-0.2, -0.15) is 0 Å². The predicted octanol–water partition coefficient (Wildman–Crippen LogP) is -0.0120. The molecule has 10 heavy (non-hydrogen) atoms. The SMILES string of the molecule is [N-]=[N+]=NCC(F)C(O)CO. The molecule has 5 nitrogen and oxygen atoms in total. The summed E-state index contributed by atoms with van der Waals surface area (Å²) in [6, 6.07) is 0. The Morgan fingerprint density at radius 3 is 2.70 bits per heavy atom. The fraction of sp³-hybridized carbons (Fsp3) is 1.00. The standard InChI is InChI=1S/C4H8FN3O2/c5-3(1-7-8-6)4(10)2-9/h3-4,9-10H,1-2H2. The Balaban J connectivity index is 3.60. The van der Waals surface area contributed by atoms with Crippen LogP contribution in [0.5, 0.6) is 0 Å². The number of nitrogens with zero attached hydrogens (tertiary/aromatic N) is 3. The van der Waals surface area contributed by atoms with Crippen molar-refractivity contribution in [2.75, 3.05) is 13.2 Å². The molecule has 0 saturated heterocycles. The number of rotatable bonds is 4. The summed E-state index contributed by atoms with van der Waals surface area (Å²) in [6.45, 7) is -1.11. The van der Waals surface area contributed by atoms with Crippen LogP contribution >= 0.6 is 0 Å². The van der Waals surface area contributed by atoms with Crippen molar-refractivity contribution < 1.29 is 14.6 Å². The van der Waals surface area contributed by atoms with Gasteiger partial charge in [-0.1, -0.05) is 5.11 Å². The molecule has 0 aliphatic carbocycles. The van der Waals surface area contributed by atoms with Gasteiger partial charge in [0.15, 0.2) is 0 Å². The van der Waals surface area contributed by atoms with Gasteiger partial charge in [0.25, 0.3) is 0 Å². The summed E-state index contributed by atoms with van der Waals surface area (Å²) in [7, 11) is 0. The highest BCUT2D eigenvalue weighted by atomic mass is 19.1. The number of aliphatic hydroxyl groups excluding tert-OH is 2. The van der Waals surface area contributed by atoms with E-state index in [1.54, 1.807) is 0 Å². The molecule has 0 spiro atoms. The Hall–Kier alpha value is -0.840. The van der Waals surface area contributed by atoms with E-state index in [0.29, 0.717) is 0 Å². The topological polar surface area (TPSA) is 89.2 Å². The highest BCUT2D eigenvalue weighted by molar-refractivity contribution is 4.68. The first-order valence-electron chi connectivity index (χ1n) is 2.66. The van der Waals surface area contributed by atoms with Crippen molar-refractivity contribution in [2.24, 2.45) is 5.11 Å². The van der Waals surface area contributed by atoms with Crippen molar-refractivity contribution in [3.63, 3.8) is 0 Å². The molecule has 0 radical (unpaired) electrons. The number of alkyl halides is 1. The quantitative estimate of drug-likeness (QED) is 0.334. The molecule has 0 amide bonds. The summed E-state index contributed by atoms with van der Waals surface area (Å²) in [5.41, 5.74) is 7.72. The second kappa shape index (κ2) is 4.99. The molecule has 58 valence electrons. The number of azide groups is 1. The van der Waals surface area contributed by atoms with Crippen LogP contribution in [0.15, 0.2) is 5.11 Å². The van der Waals surface area contributed by atoms with E-state index >= 15 is 0 Å². The molecule has 0 aromatic carbocycles. The lowest BCUT2D eigenvalue weighted by molar-refractivity contribution is 0.0323. The van der Waals surface area contributed by atoms with Gasteiger partial charge in [-0.3, -0.25) is 0 Å². The van der Waals surface area contributed by atoms with Crippen molar-refractivity contribution in [2.45, 2.75) is 12.3 Å². The van der Waals surface area contributed by atoms with E-state index in [1.165, 1.54) is 0 Å². The van der Waals surface area contributed by atoms with Gasteiger partial charge >= 0.3 is 0 Å². The third kappa shape index (κ3) is 3.24. The van der Waals surface area contributed by atoms with Gasteiger partial charge in [-0.05, 0) is 5.53 Å². The van der Waals surface area contributed by atoms with Crippen LogP contribution < -0.4 is 0 Å². The van der Waals surface area contributed by atoms with Crippen molar-refractivity contribution in [1.82, 2.24) is 0 Å². The fourth-order valence-electron chi connectivity index (χ4n) is 0.351. The zero-order chi connectivity index (χ0) is 7.98. The highest BCUT2D eigenvalue weighted by Gasteiger charge is 2.15. The van der Waals surface area contributed by atoms with E-state index in [9.17, 15) is 4.39 Å². The third-order valence-corrected chi connectivity index (χ3v) is 0.924. The summed E-state index contributed by atoms with van der Waals surface area (Å²) in [5.74, 6) is 0. The highest BCUT2D eigenvalue weighted by Crippen LogP contribution is 1.98. The zero-order valence-electron chi connectivity index (χ0n) is 5.18. The minimum Gasteiger partial charge on any atom is -0.394 e. The lowest BCUT2D eigenvalue weighted by atomic mass is 10.2. The second-order valence-corrected chi connectivity index (χ2v) is 1.68. The molecule has 0 aromatic rings. The van der Waals surface area contributed by atoms with Crippen LogP contribution in [0.4, 0.5) is 4.39 Å². The van der Waals surface area contributed by atoms with Crippen LogP contribution in [0, 0.1) is 0 Å². The van der Waals surface area contributed by atoms with E-state index in [4.69, 9.17) is 15.7 Å². The molecule has 0 aromatic heterocycles. The lowest BCUT2D eigenvalue weighted by Gasteiger charge is -2.08. The maximum Gasteiger partial charge on any atom is 0.134 e. The number of aliphatic hydroxyl groups is 2. The van der Waals surface area contributed by atoms with E-state index in [0.717, 1.165) is 0 Å². The minimum absolute atomic E-state index is 0.446. The fourth-order valence-corrected chi connectivity index (χ4v) is 0.351. The minimum atomic E-state index is -1.68. The third-order valence-electron chi connectivity index (χ3n) is 0.924. The Morgan fingerprint density at radius 1 is 1.70 bits per heavy atom. The average molecular weight is 149 g/mol. The number of hydrogen-bond acceptors (Lipinski definition) is 3. The Kier molecular flexibility index (Phi) is 4.57. The predicted molar refractivity (Wildman–Crippen MR) is 32.0 cm³/mol. The van der Waals surface area contributed by atoms with Crippen molar-refractivity contribution in [1.29, 1.82) is 0 Å². The molecule has 0 aliphatic rings. The van der Waals surface area contributed by atoms with Crippen molar-refractivity contribution in [3.8, 4) is 0 Å². The van der Waals surface area contributed by atoms with Gasteiger partial charge in [0.05, 0.1) is 13.2 Å². The summed E-state index contributed by atoms with van der Waals surface area (Å²) >= 11 is 0. The van der Waals surface area contributed by atoms with Gasteiger partial charge in [0, 0.05) is 4.91 Å². The summed E-state index contributed by atoms with van der Waals surface area (Å²) in [4.78, 5) is 2.28. The number of halogens is 1. The molecule has 0 bridgehead atoms. The van der Waals surface area contributed by atoms with Crippen molar-refractivity contribution in [3.05, 3.63) is 10.4 Å². The molecule has 2 unspecified atom stereocenters. The monoisotopic (exact) mass is 149 g/mol. The molecular weight excluding hydrogens is 141 g/mol. The molecule has 0 aliphatic heterocycles. The van der Waals surface area contributed by atoms with Crippen LogP contribution in [0.2, 0.25) is 0 Å². The van der Waals surface area contributed by atoms with E-state index in [-0.39, 0.29) is 0 Å².